The molecule has 0 saturated carbocycles. The molecule has 0 aliphatic heterocycles. The molecule has 1 unspecified atom stereocenters. The van der Waals surface area contributed by atoms with Crippen LogP contribution in [0.1, 0.15) is 32.4 Å². The third-order valence-electron chi connectivity index (χ3n) is 2.32. The molecular weight excluding hydrogens is 236 g/mol. The van der Waals surface area contributed by atoms with Gasteiger partial charge >= 0.3 is 0 Å². The van der Waals surface area contributed by atoms with E-state index in [0.29, 0.717) is 5.69 Å². The Morgan fingerprint density at radius 1 is 1.29 bits per heavy atom. The summed E-state index contributed by atoms with van der Waals surface area (Å²) in [4.78, 5) is 0. The van der Waals surface area contributed by atoms with Crippen molar-refractivity contribution in [3.63, 3.8) is 0 Å². The van der Waals surface area contributed by atoms with Crippen LogP contribution in [0, 0.1) is 5.92 Å². The molecular formula is C12H20N2O2S. The Morgan fingerprint density at radius 2 is 1.94 bits per heavy atom. The van der Waals surface area contributed by atoms with Crippen molar-refractivity contribution in [1.82, 2.24) is 4.72 Å². The normalized spacial score (nSPS) is 13.9. The van der Waals surface area contributed by atoms with Gasteiger partial charge in [-0.25, -0.2) is 13.1 Å². The van der Waals surface area contributed by atoms with Gasteiger partial charge in [0.05, 0.1) is 5.75 Å². The highest BCUT2D eigenvalue weighted by molar-refractivity contribution is 7.89. The molecule has 17 heavy (non-hydrogen) atoms. The molecule has 1 aromatic carbocycles. The maximum absolute atomic E-state index is 11.8. The van der Waals surface area contributed by atoms with Crippen molar-refractivity contribution < 1.29 is 8.42 Å². The SMILES string of the molecule is CC(C)CS(=O)(=O)NC(C)c1cccc(N)c1. The third-order valence-corrected chi connectivity index (χ3v) is 4.14. The first kappa shape index (κ1) is 14.0. The molecule has 1 atom stereocenters. The first-order chi connectivity index (χ1) is 7.80. The smallest absolute Gasteiger partial charge is 0.212 e. The van der Waals surface area contributed by atoms with Crippen molar-refractivity contribution in [2.75, 3.05) is 11.5 Å². The summed E-state index contributed by atoms with van der Waals surface area (Å²) < 4.78 is 26.2. The second kappa shape index (κ2) is 5.51. The number of benzene rings is 1. The van der Waals surface area contributed by atoms with Gasteiger partial charge in [-0.05, 0) is 30.5 Å². The van der Waals surface area contributed by atoms with Gasteiger partial charge in [0.15, 0.2) is 0 Å². The summed E-state index contributed by atoms with van der Waals surface area (Å²) in [6, 6.07) is 6.97. The van der Waals surface area contributed by atoms with Crippen molar-refractivity contribution in [3.8, 4) is 0 Å². The Labute approximate surface area is 103 Å². The standard InChI is InChI=1S/C12H20N2O2S/c1-9(2)8-17(15,16)14-10(3)11-5-4-6-12(13)7-11/h4-7,9-10,14H,8,13H2,1-3H3. The van der Waals surface area contributed by atoms with Gasteiger partial charge < -0.3 is 5.73 Å². The van der Waals surface area contributed by atoms with Crippen molar-refractivity contribution in [2.24, 2.45) is 5.92 Å². The summed E-state index contributed by atoms with van der Waals surface area (Å²) in [7, 11) is -3.23. The second-order valence-corrected chi connectivity index (χ2v) is 6.48. The van der Waals surface area contributed by atoms with Crippen LogP contribution in [0.15, 0.2) is 24.3 Å². The minimum Gasteiger partial charge on any atom is -0.399 e. The molecule has 96 valence electrons. The molecule has 0 aromatic heterocycles. The Morgan fingerprint density at radius 3 is 2.47 bits per heavy atom. The first-order valence-corrected chi connectivity index (χ1v) is 7.31. The maximum atomic E-state index is 11.8. The zero-order valence-corrected chi connectivity index (χ0v) is 11.3. The molecule has 0 saturated heterocycles. The van der Waals surface area contributed by atoms with Crippen LogP contribution in [-0.4, -0.2) is 14.2 Å². The average molecular weight is 256 g/mol. The predicted molar refractivity (Wildman–Crippen MR) is 71.0 cm³/mol. The Balaban J connectivity index is 2.76. The zero-order valence-electron chi connectivity index (χ0n) is 10.5. The summed E-state index contributed by atoms with van der Waals surface area (Å²) in [5, 5.41) is 0. The first-order valence-electron chi connectivity index (χ1n) is 5.65. The molecule has 0 amide bonds. The van der Waals surface area contributed by atoms with Crippen LogP contribution in [0.25, 0.3) is 0 Å². The van der Waals surface area contributed by atoms with Crippen molar-refractivity contribution in [3.05, 3.63) is 29.8 Å². The highest BCUT2D eigenvalue weighted by Gasteiger charge is 2.17. The third kappa shape index (κ3) is 4.75. The van der Waals surface area contributed by atoms with Crippen LogP contribution < -0.4 is 10.5 Å². The van der Waals surface area contributed by atoms with Gasteiger partial charge in [0.1, 0.15) is 0 Å². The fourth-order valence-electron chi connectivity index (χ4n) is 1.65. The molecule has 0 aliphatic carbocycles. The number of sulfonamides is 1. The number of hydrogen-bond acceptors (Lipinski definition) is 3. The molecule has 0 bridgehead atoms. The molecule has 4 nitrogen and oxygen atoms in total. The van der Waals surface area contributed by atoms with Crippen molar-refractivity contribution >= 4 is 15.7 Å². The molecule has 0 fully saturated rings. The summed E-state index contributed by atoms with van der Waals surface area (Å²) in [5.74, 6) is 0.250. The number of nitrogens with two attached hydrogens (primary N) is 1. The highest BCUT2D eigenvalue weighted by Crippen LogP contribution is 2.16. The molecule has 5 heteroatoms. The number of anilines is 1. The van der Waals surface area contributed by atoms with E-state index in [9.17, 15) is 8.42 Å². The van der Waals surface area contributed by atoms with E-state index in [-0.39, 0.29) is 17.7 Å². The lowest BCUT2D eigenvalue weighted by molar-refractivity contribution is 0.554. The average Bonchev–Trinajstić information content (AvgIpc) is 2.14. The van der Waals surface area contributed by atoms with E-state index in [1.165, 1.54) is 0 Å². The van der Waals surface area contributed by atoms with Crippen molar-refractivity contribution in [2.45, 2.75) is 26.8 Å². The lowest BCUT2D eigenvalue weighted by atomic mass is 10.1. The van der Waals surface area contributed by atoms with E-state index in [1.807, 2.05) is 32.9 Å². The maximum Gasteiger partial charge on any atom is 0.212 e. The Hall–Kier alpha value is -1.07. The van der Waals surface area contributed by atoms with Crippen LogP contribution in [-0.2, 0) is 10.0 Å². The van der Waals surface area contributed by atoms with E-state index in [2.05, 4.69) is 4.72 Å². The minimum atomic E-state index is -3.23. The van der Waals surface area contributed by atoms with Crippen LogP contribution in [0.4, 0.5) is 5.69 Å². The van der Waals surface area contributed by atoms with Crippen LogP contribution in [0.3, 0.4) is 0 Å². The number of rotatable bonds is 5. The highest BCUT2D eigenvalue weighted by atomic mass is 32.2. The van der Waals surface area contributed by atoms with Gasteiger partial charge in [-0.2, -0.15) is 0 Å². The fourth-order valence-corrected chi connectivity index (χ4v) is 3.30. The molecule has 0 radical (unpaired) electrons. The van der Waals surface area contributed by atoms with E-state index in [1.54, 1.807) is 12.1 Å². The summed E-state index contributed by atoms with van der Waals surface area (Å²) in [6.07, 6.45) is 0. The minimum absolute atomic E-state index is 0.112. The van der Waals surface area contributed by atoms with Gasteiger partial charge in [0, 0.05) is 11.7 Å². The Bertz CT molecular complexity index is 469. The van der Waals surface area contributed by atoms with E-state index in [4.69, 9.17) is 5.73 Å². The van der Waals surface area contributed by atoms with Gasteiger partial charge in [-0.15, -0.1) is 0 Å². The van der Waals surface area contributed by atoms with E-state index >= 15 is 0 Å². The van der Waals surface area contributed by atoms with Gasteiger partial charge in [-0.1, -0.05) is 26.0 Å². The summed E-state index contributed by atoms with van der Waals surface area (Å²) >= 11 is 0. The quantitative estimate of drug-likeness (QED) is 0.790. The van der Waals surface area contributed by atoms with Gasteiger partial charge in [0.25, 0.3) is 0 Å². The molecule has 1 aromatic rings. The number of hydrogen-bond donors (Lipinski definition) is 2. The lowest BCUT2D eigenvalue weighted by Crippen LogP contribution is -2.30. The topological polar surface area (TPSA) is 72.2 Å². The summed E-state index contributed by atoms with van der Waals surface area (Å²) in [5.41, 5.74) is 7.17. The molecule has 0 spiro atoms. The van der Waals surface area contributed by atoms with Gasteiger partial charge in [0.2, 0.25) is 10.0 Å². The summed E-state index contributed by atoms with van der Waals surface area (Å²) in [6.45, 7) is 5.57. The largest absolute Gasteiger partial charge is 0.399 e. The van der Waals surface area contributed by atoms with Crippen molar-refractivity contribution in [1.29, 1.82) is 0 Å². The fraction of sp³-hybridized carbons (Fsp3) is 0.500. The van der Waals surface area contributed by atoms with Crippen LogP contribution in [0.2, 0.25) is 0 Å². The van der Waals surface area contributed by atoms with Gasteiger partial charge in [-0.3, -0.25) is 0 Å². The van der Waals surface area contributed by atoms with Crippen LogP contribution in [0.5, 0.6) is 0 Å². The second-order valence-electron chi connectivity index (χ2n) is 4.68. The number of nitrogens with one attached hydrogen (secondary N) is 1. The van der Waals surface area contributed by atoms with Crippen LogP contribution >= 0.6 is 0 Å². The molecule has 0 heterocycles. The lowest BCUT2D eigenvalue weighted by Gasteiger charge is -2.16. The van der Waals surface area contributed by atoms with E-state index < -0.39 is 10.0 Å². The molecule has 0 aliphatic rings. The van der Waals surface area contributed by atoms with E-state index in [0.717, 1.165) is 5.56 Å². The molecule has 1 rings (SSSR count). The number of nitrogen functional groups attached to an aromatic ring is 1. The monoisotopic (exact) mass is 256 g/mol. The predicted octanol–water partition coefficient (Wildman–Crippen LogP) is 1.91. The Kier molecular flexibility index (Phi) is 4.54. The molecule has 3 N–H and O–H groups in total. The zero-order chi connectivity index (χ0) is 13.1.